The van der Waals surface area contributed by atoms with Crippen molar-refractivity contribution in [3.05, 3.63) is 59.7 Å². The number of ether oxygens (including phenoxy) is 1. The maximum absolute atomic E-state index is 12.9. The van der Waals surface area contributed by atoms with Gasteiger partial charge in [0.15, 0.2) is 0 Å². The largest absolute Gasteiger partial charge is 0.497 e. The standard InChI is InChI=1S/C21H28N2O4S/c1-6-20(17-9-7-15(2)8-10-17)22-21(24)16(3)23(28(5,25)26)18-11-13-19(27-4)14-12-18/h7-14,16,20H,6H2,1-5H3,(H,22,24)/t16-,20-/m1/s1. The molecule has 0 bridgehead atoms. The summed E-state index contributed by atoms with van der Waals surface area (Å²) in [5.74, 6) is 0.258. The fourth-order valence-corrected chi connectivity index (χ4v) is 4.22. The SMILES string of the molecule is CC[C@@H](NC(=O)[C@@H](C)N(c1ccc(OC)cc1)S(C)(=O)=O)c1ccc(C)cc1. The molecular weight excluding hydrogens is 376 g/mol. The molecule has 0 aromatic heterocycles. The Morgan fingerprint density at radius 2 is 1.68 bits per heavy atom. The molecule has 7 heteroatoms. The summed E-state index contributed by atoms with van der Waals surface area (Å²) < 4.78 is 31.1. The normalized spacial score (nSPS) is 13.5. The molecule has 0 aliphatic carbocycles. The number of carbonyl (C=O) groups is 1. The maximum atomic E-state index is 12.9. The monoisotopic (exact) mass is 404 g/mol. The highest BCUT2D eigenvalue weighted by Gasteiger charge is 2.30. The van der Waals surface area contributed by atoms with Crippen molar-refractivity contribution in [2.24, 2.45) is 0 Å². The Morgan fingerprint density at radius 1 is 1.11 bits per heavy atom. The summed E-state index contributed by atoms with van der Waals surface area (Å²) in [6, 6.07) is 13.4. The summed E-state index contributed by atoms with van der Waals surface area (Å²) >= 11 is 0. The number of nitrogens with one attached hydrogen (secondary N) is 1. The first-order valence-electron chi connectivity index (χ1n) is 9.17. The Bertz CT molecular complexity index is 893. The van der Waals surface area contributed by atoms with Gasteiger partial charge < -0.3 is 10.1 Å². The zero-order valence-electron chi connectivity index (χ0n) is 17.0. The fraction of sp³-hybridized carbons (Fsp3) is 0.381. The predicted molar refractivity (Wildman–Crippen MR) is 112 cm³/mol. The molecular formula is C21H28N2O4S. The number of hydrogen-bond donors (Lipinski definition) is 1. The molecule has 0 unspecified atom stereocenters. The van der Waals surface area contributed by atoms with E-state index in [4.69, 9.17) is 4.74 Å². The molecule has 0 radical (unpaired) electrons. The fourth-order valence-electron chi connectivity index (χ4n) is 3.05. The minimum absolute atomic E-state index is 0.187. The molecule has 152 valence electrons. The number of sulfonamides is 1. The molecule has 2 aromatic rings. The molecule has 2 aromatic carbocycles. The third-order valence-electron chi connectivity index (χ3n) is 4.62. The average Bonchev–Trinajstić information content (AvgIpc) is 2.66. The number of nitrogens with zero attached hydrogens (tertiary/aromatic N) is 1. The number of aryl methyl sites for hydroxylation is 1. The van der Waals surface area contributed by atoms with Crippen molar-refractivity contribution in [3.63, 3.8) is 0 Å². The molecule has 0 aliphatic rings. The summed E-state index contributed by atoms with van der Waals surface area (Å²) in [6.07, 6.45) is 1.79. The summed E-state index contributed by atoms with van der Waals surface area (Å²) in [5, 5.41) is 2.98. The lowest BCUT2D eigenvalue weighted by Crippen LogP contribution is -2.48. The van der Waals surface area contributed by atoms with E-state index in [0.29, 0.717) is 17.9 Å². The zero-order chi connectivity index (χ0) is 20.9. The molecule has 0 aliphatic heterocycles. The van der Waals surface area contributed by atoms with Crippen molar-refractivity contribution in [1.29, 1.82) is 0 Å². The minimum atomic E-state index is -3.66. The maximum Gasteiger partial charge on any atom is 0.244 e. The Hall–Kier alpha value is -2.54. The van der Waals surface area contributed by atoms with Gasteiger partial charge in [0.05, 0.1) is 25.1 Å². The summed E-state index contributed by atoms with van der Waals surface area (Å²) in [7, 11) is -2.13. The van der Waals surface area contributed by atoms with Crippen LogP contribution in [0.3, 0.4) is 0 Å². The van der Waals surface area contributed by atoms with Crippen molar-refractivity contribution in [2.45, 2.75) is 39.3 Å². The van der Waals surface area contributed by atoms with E-state index in [-0.39, 0.29) is 11.9 Å². The van der Waals surface area contributed by atoms with Gasteiger partial charge in [0, 0.05) is 0 Å². The van der Waals surface area contributed by atoms with Crippen LogP contribution in [0.25, 0.3) is 0 Å². The van der Waals surface area contributed by atoms with Gasteiger partial charge in [-0.05, 0) is 50.1 Å². The highest BCUT2D eigenvalue weighted by Crippen LogP contribution is 2.25. The van der Waals surface area contributed by atoms with Gasteiger partial charge in [-0.25, -0.2) is 8.42 Å². The van der Waals surface area contributed by atoms with Crippen molar-refractivity contribution in [3.8, 4) is 5.75 Å². The summed E-state index contributed by atoms with van der Waals surface area (Å²) in [5.41, 5.74) is 2.54. The van der Waals surface area contributed by atoms with Crippen LogP contribution in [-0.4, -0.2) is 33.7 Å². The summed E-state index contributed by atoms with van der Waals surface area (Å²) in [6.45, 7) is 5.57. The van der Waals surface area contributed by atoms with Crippen molar-refractivity contribution < 1.29 is 17.9 Å². The molecule has 0 heterocycles. The van der Waals surface area contributed by atoms with Gasteiger partial charge in [-0.1, -0.05) is 36.8 Å². The highest BCUT2D eigenvalue weighted by atomic mass is 32.2. The molecule has 0 saturated heterocycles. The number of methoxy groups -OCH3 is 1. The lowest BCUT2D eigenvalue weighted by molar-refractivity contribution is -0.122. The van der Waals surface area contributed by atoms with Crippen LogP contribution in [0.1, 0.15) is 37.4 Å². The Kier molecular flexibility index (Phi) is 7.07. The number of rotatable bonds is 8. The van der Waals surface area contributed by atoms with Crippen LogP contribution in [-0.2, 0) is 14.8 Å². The van der Waals surface area contributed by atoms with Gasteiger partial charge >= 0.3 is 0 Å². The number of carbonyl (C=O) groups excluding carboxylic acids is 1. The van der Waals surface area contributed by atoms with Gasteiger partial charge in [-0.2, -0.15) is 0 Å². The topological polar surface area (TPSA) is 75.7 Å². The number of amides is 1. The molecule has 6 nitrogen and oxygen atoms in total. The second kappa shape index (κ2) is 9.10. The average molecular weight is 405 g/mol. The Labute approximate surface area is 167 Å². The van der Waals surface area contributed by atoms with Gasteiger partial charge in [0.1, 0.15) is 11.8 Å². The third kappa shape index (κ3) is 5.25. The number of anilines is 1. The second-order valence-corrected chi connectivity index (χ2v) is 8.67. The van der Waals surface area contributed by atoms with Crippen LogP contribution in [0.15, 0.2) is 48.5 Å². The van der Waals surface area contributed by atoms with Gasteiger partial charge in [-0.3, -0.25) is 9.10 Å². The molecule has 2 atom stereocenters. The van der Waals surface area contributed by atoms with Gasteiger partial charge in [-0.15, -0.1) is 0 Å². The summed E-state index contributed by atoms with van der Waals surface area (Å²) in [4.78, 5) is 12.9. The molecule has 0 fully saturated rings. The zero-order valence-corrected chi connectivity index (χ0v) is 17.8. The van der Waals surface area contributed by atoms with Gasteiger partial charge in [0.2, 0.25) is 15.9 Å². The molecule has 0 spiro atoms. The molecule has 28 heavy (non-hydrogen) atoms. The lowest BCUT2D eigenvalue weighted by atomic mass is 10.0. The molecule has 0 saturated carbocycles. The van der Waals surface area contributed by atoms with E-state index in [1.807, 2.05) is 38.1 Å². The first-order chi connectivity index (χ1) is 13.2. The number of hydrogen-bond acceptors (Lipinski definition) is 4. The number of benzene rings is 2. The van der Waals surface area contributed by atoms with E-state index in [1.165, 1.54) is 7.11 Å². The molecule has 1 N–H and O–H groups in total. The van der Waals surface area contributed by atoms with E-state index >= 15 is 0 Å². The Balaban J connectivity index is 2.26. The quantitative estimate of drug-likeness (QED) is 0.731. The first-order valence-corrected chi connectivity index (χ1v) is 11.0. The van der Waals surface area contributed by atoms with E-state index in [2.05, 4.69) is 5.32 Å². The van der Waals surface area contributed by atoms with E-state index in [0.717, 1.165) is 21.7 Å². The van der Waals surface area contributed by atoms with Crippen molar-refractivity contribution in [2.75, 3.05) is 17.7 Å². The van der Waals surface area contributed by atoms with Crippen LogP contribution in [0.2, 0.25) is 0 Å². The molecule has 1 amide bonds. The lowest BCUT2D eigenvalue weighted by Gasteiger charge is -2.30. The van der Waals surface area contributed by atoms with Crippen LogP contribution in [0, 0.1) is 6.92 Å². The third-order valence-corrected chi connectivity index (χ3v) is 5.86. The van der Waals surface area contributed by atoms with Crippen LogP contribution < -0.4 is 14.4 Å². The van der Waals surface area contributed by atoms with Gasteiger partial charge in [0.25, 0.3) is 0 Å². The highest BCUT2D eigenvalue weighted by molar-refractivity contribution is 7.92. The van der Waals surface area contributed by atoms with Crippen molar-refractivity contribution >= 4 is 21.6 Å². The van der Waals surface area contributed by atoms with Crippen LogP contribution in [0.4, 0.5) is 5.69 Å². The van der Waals surface area contributed by atoms with Crippen LogP contribution >= 0.6 is 0 Å². The predicted octanol–water partition coefficient (Wildman–Crippen LogP) is 3.43. The smallest absolute Gasteiger partial charge is 0.244 e. The van der Waals surface area contributed by atoms with E-state index < -0.39 is 16.1 Å². The van der Waals surface area contributed by atoms with E-state index in [9.17, 15) is 13.2 Å². The second-order valence-electron chi connectivity index (χ2n) is 6.81. The molecule has 2 rings (SSSR count). The van der Waals surface area contributed by atoms with Crippen molar-refractivity contribution in [1.82, 2.24) is 5.32 Å². The first kappa shape index (κ1) is 21.8. The minimum Gasteiger partial charge on any atom is -0.497 e. The van der Waals surface area contributed by atoms with Crippen LogP contribution in [0.5, 0.6) is 5.75 Å². The Morgan fingerprint density at radius 3 is 2.14 bits per heavy atom. The van der Waals surface area contributed by atoms with E-state index in [1.54, 1.807) is 31.2 Å².